The van der Waals surface area contributed by atoms with Gasteiger partial charge in [0, 0.05) is 0 Å². The van der Waals surface area contributed by atoms with Gasteiger partial charge < -0.3 is 5.11 Å². The first-order valence-corrected chi connectivity index (χ1v) is 8.17. The van der Waals surface area contributed by atoms with Gasteiger partial charge in [-0.2, -0.15) is 0 Å². The molecule has 114 valence electrons. The Hall–Kier alpha value is -1.38. The summed E-state index contributed by atoms with van der Waals surface area (Å²) >= 11 is 0. The number of carbonyl (C=O) groups is 1. The number of aliphatic carboxylic acids is 1. The van der Waals surface area contributed by atoms with E-state index >= 15 is 0 Å². The summed E-state index contributed by atoms with van der Waals surface area (Å²) in [5.41, 5.74) is 0.591. The monoisotopic (exact) mass is 290 g/mol. The van der Waals surface area contributed by atoms with Crippen LogP contribution in [0.4, 0.5) is 4.39 Å². The normalized spacial score (nSPS) is 22.3. The van der Waals surface area contributed by atoms with Crippen LogP contribution < -0.4 is 0 Å². The van der Waals surface area contributed by atoms with Crippen LogP contribution in [0, 0.1) is 5.82 Å². The summed E-state index contributed by atoms with van der Waals surface area (Å²) in [6.45, 7) is 0. The Balaban J connectivity index is 1.91. The minimum Gasteiger partial charge on any atom is -0.481 e. The highest BCUT2D eigenvalue weighted by molar-refractivity contribution is 5.81. The van der Waals surface area contributed by atoms with E-state index in [4.69, 9.17) is 0 Å². The van der Waals surface area contributed by atoms with Crippen molar-refractivity contribution in [3.8, 4) is 0 Å². The summed E-state index contributed by atoms with van der Waals surface area (Å²) in [7, 11) is 0. The molecule has 1 N–H and O–H groups in total. The number of benzene rings is 1. The van der Waals surface area contributed by atoms with Crippen LogP contribution >= 0.6 is 0 Å². The van der Waals surface area contributed by atoms with Crippen molar-refractivity contribution in [1.29, 1.82) is 0 Å². The molecule has 0 saturated heterocycles. The van der Waals surface area contributed by atoms with Crippen molar-refractivity contribution in [3.63, 3.8) is 0 Å². The van der Waals surface area contributed by atoms with Crippen molar-refractivity contribution in [2.45, 2.75) is 69.1 Å². The van der Waals surface area contributed by atoms with Crippen molar-refractivity contribution in [2.75, 3.05) is 0 Å². The zero-order chi connectivity index (χ0) is 14.9. The first-order chi connectivity index (χ1) is 10.1. The van der Waals surface area contributed by atoms with Gasteiger partial charge in [-0.3, -0.25) is 4.79 Å². The van der Waals surface area contributed by atoms with E-state index in [1.807, 2.05) is 12.1 Å². The molecule has 2 fully saturated rings. The van der Waals surface area contributed by atoms with Crippen LogP contribution in [0.25, 0.3) is 0 Å². The molecule has 3 rings (SSSR count). The Morgan fingerprint density at radius 3 is 2.33 bits per heavy atom. The van der Waals surface area contributed by atoms with E-state index in [1.54, 1.807) is 0 Å². The van der Waals surface area contributed by atoms with Gasteiger partial charge in [0.15, 0.2) is 0 Å². The lowest BCUT2D eigenvalue weighted by Crippen LogP contribution is -2.32. The molecule has 0 bridgehead atoms. The van der Waals surface area contributed by atoms with Crippen LogP contribution in [0.2, 0.25) is 0 Å². The molecule has 0 amide bonds. The van der Waals surface area contributed by atoms with Crippen molar-refractivity contribution in [1.82, 2.24) is 0 Å². The van der Waals surface area contributed by atoms with Gasteiger partial charge >= 0.3 is 5.97 Å². The molecule has 0 spiro atoms. The van der Waals surface area contributed by atoms with Gasteiger partial charge in [0.1, 0.15) is 5.82 Å². The molecule has 2 aliphatic rings. The summed E-state index contributed by atoms with van der Waals surface area (Å²) in [5.74, 6) is -0.686. The van der Waals surface area contributed by atoms with Crippen molar-refractivity contribution < 1.29 is 14.3 Å². The maximum absolute atomic E-state index is 14.5. The van der Waals surface area contributed by atoms with E-state index < -0.39 is 11.4 Å². The Morgan fingerprint density at radius 1 is 1.10 bits per heavy atom. The van der Waals surface area contributed by atoms with Gasteiger partial charge in [0.25, 0.3) is 0 Å². The molecule has 21 heavy (non-hydrogen) atoms. The van der Waals surface area contributed by atoms with Gasteiger partial charge in [-0.25, -0.2) is 4.39 Å². The van der Waals surface area contributed by atoms with Crippen molar-refractivity contribution in [3.05, 3.63) is 35.1 Å². The van der Waals surface area contributed by atoms with E-state index in [1.165, 1.54) is 25.3 Å². The predicted octanol–water partition coefficient (Wildman–Crippen LogP) is 4.77. The van der Waals surface area contributed by atoms with Gasteiger partial charge in [-0.1, -0.05) is 44.2 Å². The fraction of sp³-hybridized carbons (Fsp3) is 0.611. The first kappa shape index (κ1) is 14.6. The van der Waals surface area contributed by atoms with E-state index in [0.29, 0.717) is 24.3 Å². The lowest BCUT2D eigenvalue weighted by atomic mass is 9.77. The van der Waals surface area contributed by atoms with E-state index in [2.05, 4.69) is 0 Å². The smallest absolute Gasteiger partial charge is 0.314 e. The molecule has 0 unspecified atom stereocenters. The summed E-state index contributed by atoms with van der Waals surface area (Å²) in [5, 5.41) is 9.60. The maximum Gasteiger partial charge on any atom is 0.314 e. The molecule has 0 atom stereocenters. The summed E-state index contributed by atoms with van der Waals surface area (Å²) in [4.78, 5) is 11.7. The number of hydrogen-bond acceptors (Lipinski definition) is 1. The second-order valence-corrected chi connectivity index (χ2v) is 6.67. The summed E-state index contributed by atoms with van der Waals surface area (Å²) < 4.78 is 14.5. The van der Waals surface area contributed by atoms with Crippen molar-refractivity contribution in [2.24, 2.45) is 0 Å². The zero-order valence-electron chi connectivity index (χ0n) is 12.4. The topological polar surface area (TPSA) is 37.3 Å². The second kappa shape index (κ2) is 5.78. The Kier molecular flexibility index (Phi) is 4.01. The molecule has 3 heteroatoms. The van der Waals surface area contributed by atoms with Crippen LogP contribution in [-0.2, 0) is 10.2 Å². The SMILES string of the molecule is O=C(O)C1(c2ccc(C3CCCCC3)c(F)c2)CCCC1. The second-order valence-electron chi connectivity index (χ2n) is 6.67. The molecule has 0 aromatic heterocycles. The van der Waals surface area contributed by atoms with Crippen molar-refractivity contribution >= 4 is 5.97 Å². The Bertz CT molecular complexity index is 526. The van der Waals surface area contributed by atoms with E-state index in [9.17, 15) is 14.3 Å². The lowest BCUT2D eigenvalue weighted by Gasteiger charge is -2.27. The van der Waals surface area contributed by atoms with Gasteiger partial charge in [-0.15, -0.1) is 0 Å². The highest BCUT2D eigenvalue weighted by Gasteiger charge is 2.43. The number of rotatable bonds is 3. The number of carboxylic acids is 1. The van der Waals surface area contributed by atoms with Gasteiger partial charge in [0.05, 0.1) is 5.41 Å². The standard InChI is InChI=1S/C18H23FO2/c19-16-12-14(18(17(20)21)10-4-5-11-18)8-9-15(16)13-6-2-1-3-7-13/h8-9,12-13H,1-7,10-11H2,(H,20,21). The number of halogens is 1. The molecule has 2 saturated carbocycles. The fourth-order valence-electron chi connectivity index (χ4n) is 4.17. The third-order valence-electron chi connectivity index (χ3n) is 5.46. The highest BCUT2D eigenvalue weighted by atomic mass is 19.1. The average molecular weight is 290 g/mol. The number of carboxylic acid groups (broad SMARTS) is 1. The molecular formula is C18H23FO2. The molecule has 0 heterocycles. The quantitative estimate of drug-likeness (QED) is 0.870. The molecule has 1 aromatic rings. The van der Waals surface area contributed by atoms with Crippen LogP contribution in [0.3, 0.4) is 0 Å². The first-order valence-electron chi connectivity index (χ1n) is 8.17. The zero-order valence-corrected chi connectivity index (χ0v) is 12.4. The molecule has 0 radical (unpaired) electrons. The summed E-state index contributed by atoms with van der Waals surface area (Å²) in [6, 6.07) is 5.22. The highest BCUT2D eigenvalue weighted by Crippen LogP contribution is 2.43. The maximum atomic E-state index is 14.5. The van der Waals surface area contributed by atoms with Gasteiger partial charge in [0.2, 0.25) is 0 Å². The van der Waals surface area contributed by atoms with E-state index in [-0.39, 0.29) is 5.82 Å². The minimum absolute atomic E-state index is 0.202. The van der Waals surface area contributed by atoms with Gasteiger partial charge in [-0.05, 0) is 48.8 Å². The lowest BCUT2D eigenvalue weighted by molar-refractivity contribution is -0.143. The average Bonchev–Trinajstić information content (AvgIpc) is 2.99. The van der Waals surface area contributed by atoms with E-state index in [0.717, 1.165) is 31.2 Å². The van der Waals surface area contributed by atoms with Crippen LogP contribution in [-0.4, -0.2) is 11.1 Å². The summed E-state index contributed by atoms with van der Waals surface area (Å²) in [6.07, 6.45) is 8.79. The molecule has 2 nitrogen and oxygen atoms in total. The fourth-order valence-corrected chi connectivity index (χ4v) is 4.17. The van der Waals surface area contributed by atoms with Crippen LogP contribution in [0.5, 0.6) is 0 Å². The predicted molar refractivity (Wildman–Crippen MR) is 80.0 cm³/mol. The minimum atomic E-state index is -0.855. The Labute approximate surface area is 125 Å². The number of hydrogen-bond donors (Lipinski definition) is 1. The molecule has 0 aliphatic heterocycles. The third kappa shape index (κ3) is 2.58. The molecule has 2 aliphatic carbocycles. The molecule has 1 aromatic carbocycles. The molecular weight excluding hydrogens is 267 g/mol. The third-order valence-corrected chi connectivity index (χ3v) is 5.46. The largest absolute Gasteiger partial charge is 0.481 e. The van der Waals surface area contributed by atoms with Crippen LogP contribution in [0.1, 0.15) is 74.8 Å². The van der Waals surface area contributed by atoms with Crippen LogP contribution in [0.15, 0.2) is 18.2 Å². The Morgan fingerprint density at radius 2 is 1.76 bits per heavy atom.